The molecule has 3 N–H and O–H groups in total. The van der Waals surface area contributed by atoms with Crippen LogP contribution in [0.2, 0.25) is 0 Å². The fourth-order valence-electron chi connectivity index (χ4n) is 1.93. The second-order valence-corrected chi connectivity index (χ2v) is 5.73. The zero-order chi connectivity index (χ0) is 15.8. The number of nitrogens with zero attached hydrogens (tertiary/aromatic N) is 1. The monoisotopic (exact) mass is 295 g/mol. The Hall–Kier alpha value is -1.78. The SMILES string of the molecule is CN=C(NCc1ccc(O)c(F)c1)NC(C)CCC(C)C. The number of benzene rings is 1. The first-order valence-electron chi connectivity index (χ1n) is 7.37. The number of aliphatic imine (C=N–C) groups is 1. The lowest BCUT2D eigenvalue weighted by molar-refractivity contribution is 0.431. The van der Waals surface area contributed by atoms with Gasteiger partial charge in [-0.25, -0.2) is 4.39 Å². The molecule has 0 saturated carbocycles. The van der Waals surface area contributed by atoms with Crippen molar-refractivity contribution in [3.05, 3.63) is 29.6 Å². The third-order valence-electron chi connectivity index (χ3n) is 3.26. The van der Waals surface area contributed by atoms with Gasteiger partial charge in [-0.3, -0.25) is 4.99 Å². The van der Waals surface area contributed by atoms with Crippen molar-refractivity contribution in [2.24, 2.45) is 10.9 Å². The van der Waals surface area contributed by atoms with E-state index in [0.29, 0.717) is 24.5 Å². The Balaban J connectivity index is 2.45. The summed E-state index contributed by atoms with van der Waals surface area (Å²) in [5.74, 6) is 0.440. The maximum Gasteiger partial charge on any atom is 0.191 e. The molecule has 0 fully saturated rings. The maximum absolute atomic E-state index is 13.2. The molecule has 0 aliphatic heterocycles. The number of nitrogens with one attached hydrogen (secondary N) is 2. The lowest BCUT2D eigenvalue weighted by Gasteiger charge is -2.18. The van der Waals surface area contributed by atoms with Gasteiger partial charge in [-0.2, -0.15) is 0 Å². The normalized spacial score (nSPS) is 13.3. The molecular weight excluding hydrogens is 269 g/mol. The minimum absolute atomic E-state index is 0.329. The van der Waals surface area contributed by atoms with Crippen LogP contribution in [-0.4, -0.2) is 24.2 Å². The van der Waals surface area contributed by atoms with Crippen molar-refractivity contribution in [1.29, 1.82) is 0 Å². The van der Waals surface area contributed by atoms with E-state index in [0.717, 1.165) is 18.4 Å². The van der Waals surface area contributed by atoms with Crippen LogP contribution in [0.1, 0.15) is 39.2 Å². The van der Waals surface area contributed by atoms with Gasteiger partial charge in [-0.05, 0) is 43.4 Å². The molecule has 1 aromatic carbocycles. The van der Waals surface area contributed by atoms with Crippen molar-refractivity contribution in [2.75, 3.05) is 7.05 Å². The molecule has 1 aromatic rings. The number of hydrogen-bond donors (Lipinski definition) is 3. The predicted octanol–water partition coefficient (Wildman–Crippen LogP) is 3.02. The highest BCUT2D eigenvalue weighted by Crippen LogP contribution is 2.15. The molecule has 4 nitrogen and oxygen atoms in total. The standard InChI is InChI=1S/C16H26FN3O/c1-11(2)5-6-12(3)20-16(18-4)19-10-13-7-8-15(21)14(17)9-13/h7-9,11-12,21H,5-6,10H2,1-4H3,(H2,18,19,20). The lowest BCUT2D eigenvalue weighted by atomic mass is 10.0. The third-order valence-corrected chi connectivity index (χ3v) is 3.26. The van der Waals surface area contributed by atoms with Crippen LogP contribution in [0, 0.1) is 11.7 Å². The van der Waals surface area contributed by atoms with E-state index in [1.807, 2.05) is 0 Å². The fraction of sp³-hybridized carbons (Fsp3) is 0.562. The smallest absolute Gasteiger partial charge is 0.191 e. The summed E-state index contributed by atoms with van der Waals surface area (Å²) < 4.78 is 13.2. The average Bonchev–Trinajstić information content (AvgIpc) is 2.44. The number of aromatic hydroxyl groups is 1. The van der Waals surface area contributed by atoms with Gasteiger partial charge in [0.1, 0.15) is 0 Å². The minimum atomic E-state index is -0.609. The third kappa shape index (κ3) is 6.47. The largest absolute Gasteiger partial charge is 0.505 e. The Kier molecular flexibility index (Phi) is 6.99. The molecule has 5 heteroatoms. The van der Waals surface area contributed by atoms with Crippen LogP contribution < -0.4 is 10.6 Å². The molecule has 118 valence electrons. The van der Waals surface area contributed by atoms with E-state index in [1.54, 1.807) is 13.1 Å². The van der Waals surface area contributed by atoms with Gasteiger partial charge in [0, 0.05) is 19.6 Å². The van der Waals surface area contributed by atoms with Gasteiger partial charge in [0.15, 0.2) is 17.5 Å². The van der Waals surface area contributed by atoms with Crippen LogP contribution in [0.25, 0.3) is 0 Å². The number of guanidine groups is 1. The van der Waals surface area contributed by atoms with E-state index in [-0.39, 0.29) is 5.75 Å². The summed E-state index contributed by atoms with van der Waals surface area (Å²) in [6.07, 6.45) is 2.24. The first-order chi connectivity index (χ1) is 9.92. The van der Waals surface area contributed by atoms with Gasteiger partial charge < -0.3 is 15.7 Å². The van der Waals surface area contributed by atoms with Crippen molar-refractivity contribution >= 4 is 5.96 Å². The van der Waals surface area contributed by atoms with Gasteiger partial charge in [0.25, 0.3) is 0 Å². The number of phenols is 1. The Bertz CT molecular complexity index is 475. The second kappa shape index (κ2) is 8.49. The van der Waals surface area contributed by atoms with Crippen molar-refractivity contribution in [3.8, 4) is 5.75 Å². The predicted molar refractivity (Wildman–Crippen MR) is 84.9 cm³/mol. The Morgan fingerprint density at radius 1 is 1.29 bits per heavy atom. The van der Waals surface area contributed by atoms with Gasteiger partial charge in [0.2, 0.25) is 0 Å². The molecule has 0 saturated heterocycles. The van der Waals surface area contributed by atoms with Crippen LogP contribution >= 0.6 is 0 Å². The summed E-state index contributed by atoms with van der Waals surface area (Å²) in [5, 5.41) is 15.6. The lowest BCUT2D eigenvalue weighted by Crippen LogP contribution is -2.41. The van der Waals surface area contributed by atoms with Crippen LogP contribution in [0.15, 0.2) is 23.2 Å². The fourth-order valence-corrected chi connectivity index (χ4v) is 1.93. The molecule has 0 spiro atoms. The van der Waals surface area contributed by atoms with Gasteiger partial charge in [-0.15, -0.1) is 0 Å². The molecule has 0 amide bonds. The van der Waals surface area contributed by atoms with Crippen LogP contribution in [-0.2, 0) is 6.54 Å². The molecule has 0 heterocycles. The zero-order valence-electron chi connectivity index (χ0n) is 13.3. The van der Waals surface area contributed by atoms with E-state index in [9.17, 15) is 4.39 Å². The van der Waals surface area contributed by atoms with E-state index in [1.165, 1.54) is 12.1 Å². The number of hydrogen-bond acceptors (Lipinski definition) is 2. The molecule has 0 aromatic heterocycles. The van der Waals surface area contributed by atoms with Crippen LogP contribution in [0.5, 0.6) is 5.75 Å². The molecule has 0 bridgehead atoms. The highest BCUT2D eigenvalue weighted by molar-refractivity contribution is 5.79. The highest BCUT2D eigenvalue weighted by Gasteiger charge is 2.07. The topological polar surface area (TPSA) is 56.7 Å². The maximum atomic E-state index is 13.2. The molecular formula is C16H26FN3O. The zero-order valence-corrected chi connectivity index (χ0v) is 13.3. The first kappa shape index (κ1) is 17.3. The molecule has 1 unspecified atom stereocenters. The molecule has 1 rings (SSSR count). The summed E-state index contributed by atoms with van der Waals surface area (Å²) in [7, 11) is 1.71. The number of phenolic OH excluding ortho intramolecular Hbond substituents is 1. The Morgan fingerprint density at radius 3 is 2.57 bits per heavy atom. The summed E-state index contributed by atoms with van der Waals surface area (Å²) in [6.45, 7) is 6.99. The molecule has 1 atom stereocenters. The van der Waals surface area contributed by atoms with E-state index in [4.69, 9.17) is 5.11 Å². The number of rotatable bonds is 6. The average molecular weight is 295 g/mol. The summed E-state index contributed by atoms with van der Waals surface area (Å²) >= 11 is 0. The molecule has 0 aliphatic carbocycles. The van der Waals surface area contributed by atoms with Crippen LogP contribution in [0.4, 0.5) is 4.39 Å². The summed E-state index contributed by atoms with van der Waals surface area (Å²) in [4.78, 5) is 4.16. The van der Waals surface area contributed by atoms with Gasteiger partial charge in [0.05, 0.1) is 0 Å². The van der Waals surface area contributed by atoms with Crippen LogP contribution in [0.3, 0.4) is 0 Å². The first-order valence-corrected chi connectivity index (χ1v) is 7.37. The van der Waals surface area contributed by atoms with E-state index < -0.39 is 5.82 Å². The Labute approximate surface area is 126 Å². The molecule has 0 radical (unpaired) electrons. The van der Waals surface area contributed by atoms with Gasteiger partial charge in [-0.1, -0.05) is 19.9 Å². The number of halogens is 1. The van der Waals surface area contributed by atoms with E-state index >= 15 is 0 Å². The molecule has 21 heavy (non-hydrogen) atoms. The summed E-state index contributed by atoms with van der Waals surface area (Å²) in [6, 6.07) is 4.68. The van der Waals surface area contributed by atoms with Crippen molar-refractivity contribution in [3.63, 3.8) is 0 Å². The molecule has 0 aliphatic rings. The van der Waals surface area contributed by atoms with E-state index in [2.05, 4.69) is 36.4 Å². The highest BCUT2D eigenvalue weighted by atomic mass is 19.1. The second-order valence-electron chi connectivity index (χ2n) is 5.73. The van der Waals surface area contributed by atoms with Gasteiger partial charge >= 0.3 is 0 Å². The van der Waals surface area contributed by atoms with Crippen molar-refractivity contribution in [1.82, 2.24) is 10.6 Å². The summed E-state index contributed by atoms with van der Waals surface area (Å²) in [5.41, 5.74) is 0.753. The quantitative estimate of drug-likeness (QED) is 0.558. The van der Waals surface area contributed by atoms with Crippen molar-refractivity contribution < 1.29 is 9.50 Å². The Morgan fingerprint density at radius 2 is 2.00 bits per heavy atom. The van der Waals surface area contributed by atoms with Crippen molar-refractivity contribution in [2.45, 2.75) is 46.2 Å². The minimum Gasteiger partial charge on any atom is -0.505 e.